The first-order valence-corrected chi connectivity index (χ1v) is 8.76. The standard InChI is InChI=1S/C20H18ClNO3/c21-15-7-5-14(6-8-15)11-19(24)22-10-9-20(13-22)12-17(23)16-3-1-2-4-18(16)25-20/h1-8H,9-13H2. The summed E-state index contributed by atoms with van der Waals surface area (Å²) < 4.78 is 6.16. The molecule has 0 aromatic heterocycles. The van der Waals surface area contributed by atoms with Crippen LogP contribution >= 0.6 is 11.6 Å². The minimum Gasteiger partial charge on any atom is -0.484 e. The topological polar surface area (TPSA) is 46.6 Å². The van der Waals surface area contributed by atoms with Gasteiger partial charge in [0.05, 0.1) is 24.9 Å². The number of benzene rings is 2. The van der Waals surface area contributed by atoms with E-state index >= 15 is 0 Å². The van der Waals surface area contributed by atoms with Crippen molar-refractivity contribution < 1.29 is 14.3 Å². The summed E-state index contributed by atoms with van der Waals surface area (Å²) in [6.45, 7) is 1.07. The summed E-state index contributed by atoms with van der Waals surface area (Å²) in [5, 5.41) is 0.657. The number of nitrogens with zero attached hydrogens (tertiary/aromatic N) is 1. The van der Waals surface area contributed by atoms with E-state index in [-0.39, 0.29) is 11.7 Å². The van der Waals surface area contributed by atoms with Crippen molar-refractivity contribution in [1.29, 1.82) is 0 Å². The normalized spacial score (nSPS) is 22.0. The minimum atomic E-state index is -0.582. The van der Waals surface area contributed by atoms with Crippen LogP contribution in [0.5, 0.6) is 5.75 Å². The summed E-state index contributed by atoms with van der Waals surface area (Å²) in [4.78, 5) is 26.9. The third kappa shape index (κ3) is 3.14. The molecule has 0 aliphatic carbocycles. The number of fused-ring (bicyclic) bond motifs is 1. The van der Waals surface area contributed by atoms with Gasteiger partial charge in [-0.2, -0.15) is 0 Å². The van der Waals surface area contributed by atoms with E-state index in [0.717, 1.165) is 5.56 Å². The molecule has 2 aromatic rings. The predicted octanol–water partition coefficient (Wildman–Crippen LogP) is 3.52. The second-order valence-electron chi connectivity index (χ2n) is 6.75. The summed E-state index contributed by atoms with van der Waals surface area (Å²) in [7, 11) is 0. The van der Waals surface area contributed by atoms with Gasteiger partial charge >= 0.3 is 0 Å². The first-order valence-electron chi connectivity index (χ1n) is 8.38. The van der Waals surface area contributed by atoms with Crippen molar-refractivity contribution in [1.82, 2.24) is 4.90 Å². The Hall–Kier alpha value is -2.33. The molecule has 5 heteroatoms. The molecule has 2 aliphatic rings. The van der Waals surface area contributed by atoms with Crippen LogP contribution in [0.15, 0.2) is 48.5 Å². The highest BCUT2D eigenvalue weighted by atomic mass is 35.5. The van der Waals surface area contributed by atoms with Gasteiger partial charge in [0.15, 0.2) is 5.78 Å². The lowest BCUT2D eigenvalue weighted by Gasteiger charge is -2.34. The number of halogens is 1. The van der Waals surface area contributed by atoms with Crippen molar-refractivity contribution in [3.8, 4) is 5.75 Å². The Morgan fingerprint density at radius 1 is 1.16 bits per heavy atom. The van der Waals surface area contributed by atoms with Crippen LogP contribution in [0.4, 0.5) is 0 Å². The molecule has 1 atom stereocenters. The molecule has 0 bridgehead atoms. The van der Waals surface area contributed by atoms with Gasteiger partial charge in [-0.05, 0) is 29.8 Å². The zero-order valence-electron chi connectivity index (χ0n) is 13.7. The van der Waals surface area contributed by atoms with Crippen LogP contribution in [0.2, 0.25) is 5.02 Å². The Balaban J connectivity index is 1.47. The molecule has 0 radical (unpaired) electrons. The molecule has 2 aromatic carbocycles. The average Bonchev–Trinajstić information content (AvgIpc) is 3.00. The van der Waals surface area contributed by atoms with Crippen LogP contribution in [-0.4, -0.2) is 35.3 Å². The molecule has 2 aliphatic heterocycles. The van der Waals surface area contributed by atoms with Gasteiger partial charge in [-0.15, -0.1) is 0 Å². The predicted molar refractivity (Wildman–Crippen MR) is 95.1 cm³/mol. The van der Waals surface area contributed by atoms with Gasteiger partial charge in [-0.3, -0.25) is 9.59 Å². The molecule has 4 nitrogen and oxygen atoms in total. The molecular weight excluding hydrogens is 338 g/mol. The van der Waals surface area contributed by atoms with Crippen molar-refractivity contribution in [2.75, 3.05) is 13.1 Å². The first kappa shape index (κ1) is 16.2. The Labute approximate surface area is 151 Å². The molecule has 0 saturated carbocycles. The highest BCUT2D eigenvalue weighted by Gasteiger charge is 2.46. The number of amides is 1. The molecular formula is C20H18ClNO3. The van der Waals surface area contributed by atoms with Crippen molar-refractivity contribution in [3.63, 3.8) is 0 Å². The second kappa shape index (κ2) is 6.19. The van der Waals surface area contributed by atoms with Crippen LogP contribution in [0, 0.1) is 0 Å². The van der Waals surface area contributed by atoms with Crippen LogP contribution in [-0.2, 0) is 11.2 Å². The molecule has 1 spiro atoms. The maximum atomic E-state index is 12.6. The molecule has 2 heterocycles. The molecule has 4 rings (SSSR count). The number of ketones is 1. The van der Waals surface area contributed by atoms with Gasteiger partial charge in [-0.25, -0.2) is 0 Å². The van der Waals surface area contributed by atoms with E-state index in [9.17, 15) is 9.59 Å². The van der Waals surface area contributed by atoms with Crippen molar-refractivity contribution in [2.24, 2.45) is 0 Å². The zero-order chi connectivity index (χ0) is 17.4. The number of hydrogen-bond donors (Lipinski definition) is 0. The highest BCUT2D eigenvalue weighted by Crippen LogP contribution is 2.38. The van der Waals surface area contributed by atoms with E-state index in [1.165, 1.54) is 0 Å². The Bertz CT molecular complexity index is 833. The number of likely N-dealkylation sites (tertiary alicyclic amines) is 1. The maximum absolute atomic E-state index is 12.6. The molecule has 0 N–H and O–H groups in total. The molecule has 1 saturated heterocycles. The molecule has 1 fully saturated rings. The number of ether oxygens (including phenoxy) is 1. The number of para-hydroxylation sites is 1. The third-order valence-corrected chi connectivity index (χ3v) is 5.19. The van der Waals surface area contributed by atoms with Gasteiger partial charge in [-0.1, -0.05) is 35.9 Å². The number of rotatable bonds is 2. The summed E-state index contributed by atoms with van der Waals surface area (Å²) in [5.74, 6) is 0.772. The third-order valence-electron chi connectivity index (χ3n) is 4.93. The molecule has 25 heavy (non-hydrogen) atoms. The van der Waals surface area contributed by atoms with E-state index in [1.807, 2.05) is 30.3 Å². The molecule has 1 amide bonds. The van der Waals surface area contributed by atoms with E-state index in [1.54, 1.807) is 23.1 Å². The van der Waals surface area contributed by atoms with Crippen molar-refractivity contribution in [2.45, 2.75) is 24.9 Å². The number of carbonyl (C=O) groups is 2. The van der Waals surface area contributed by atoms with Crippen LogP contribution in [0.3, 0.4) is 0 Å². The van der Waals surface area contributed by atoms with Crippen LogP contribution in [0.1, 0.15) is 28.8 Å². The molecule has 1 unspecified atom stereocenters. The van der Waals surface area contributed by atoms with E-state index in [4.69, 9.17) is 16.3 Å². The maximum Gasteiger partial charge on any atom is 0.227 e. The van der Waals surface area contributed by atoms with Gasteiger partial charge < -0.3 is 9.64 Å². The highest BCUT2D eigenvalue weighted by molar-refractivity contribution is 6.30. The van der Waals surface area contributed by atoms with Gasteiger partial charge in [0, 0.05) is 18.0 Å². The largest absolute Gasteiger partial charge is 0.484 e. The molecule has 128 valence electrons. The lowest BCUT2D eigenvalue weighted by Crippen LogP contribution is -2.45. The lowest BCUT2D eigenvalue weighted by atomic mass is 9.89. The van der Waals surface area contributed by atoms with Gasteiger partial charge in [0.25, 0.3) is 0 Å². The fourth-order valence-electron chi connectivity index (χ4n) is 3.62. The first-order chi connectivity index (χ1) is 12.0. The Kier molecular flexibility index (Phi) is 4.00. The van der Waals surface area contributed by atoms with Crippen LogP contribution < -0.4 is 4.74 Å². The van der Waals surface area contributed by atoms with Crippen molar-refractivity contribution >= 4 is 23.3 Å². The van der Waals surface area contributed by atoms with E-state index in [0.29, 0.717) is 48.7 Å². The fourth-order valence-corrected chi connectivity index (χ4v) is 3.74. The summed E-state index contributed by atoms with van der Waals surface area (Å²) >= 11 is 5.88. The van der Waals surface area contributed by atoms with Gasteiger partial charge in [0.1, 0.15) is 11.4 Å². The quantitative estimate of drug-likeness (QED) is 0.828. The fraction of sp³-hybridized carbons (Fsp3) is 0.300. The Morgan fingerprint density at radius 3 is 2.72 bits per heavy atom. The van der Waals surface area contributed by atoms with Gasteiger partial charge in [0.2, 0.25) is 5.91 Å². The Morgan fingerprint density at radius 2 is 1.92 bits per heavy atom. The number of Topliss-reactive ketones (excluding diaryl/α,β-unsaturated/α-hetero) is 1. The summed E-state index contributed by atoms with van der Waals surface area (Å²) in [6, 6.07) is 14.6. The SMILES string of the molecule is O=C1CC2(CCN(C(=O)Cc3ccc(Cl)cc3)C2)Oc2ccccc21. The van der Waals surface area contributed by atoms with E-state index in [2.05, 4.69) is 0 Å². The zero-order valence-corrected chi connectivity index (χ0v) is 14.5. The summed E-state index contributed by atoms with van der Waals surface area (Å²) in [5.41, 5.74) is 0.988. The van der Waals surface area contributed by atoms with Crippen molar-refractivity contribution in [3.05, 3.63) is 64.7 Å². The average molecular weight is 356 g/mol. The lowest BCUT2D eigenvalue weighted by molar-refractivity contribution is -0.130. The minimum absolute atomic E-state index is 0.0501. The number of hydrogen-bond acceptors (Lipinski definition) is 3. The van der Waals surface area contributed by atoms with E-state index < -0.39 is 5.60 Å². The monoisotopic (exact) mass is 355 g/mol. The smallest absolute Gasteiger partial charge is 0.227 e. The second-order valence-corrected chi connectivity index (χ2v) is 7.19. The number of carbonyl (C=O) groups excluding carboxylic acids is 2. The summed E-state index contributed by atoms with van der Waals surface area (Å²) in [6.07, 6.45) is 1.34. The van der Waals surface area contributed by atoms with Crippen LogP contribution in [0.25, 0.3) is 0 Å².